The van der Waals surface area contributed by atoms with E-state index in [1.165, 1.54) is 7.11 Å². The molecule has 6 heteroatoms. The van der Waals surface area contributed by atoms with Crippen molar-refractivity contribution in [3.8, 4) is 0 Å². The van der Waals surface area contributed by atoms with Gasteiger partial charge in [0.2, 0.25) is 5.91 Å². The van der Waals surface area contributed by atoms with E-state index >= 15 is 0 Å². The van der Waals surface area contributed by atoms with Crippen LogP contribution in [0.15, 0.2) is 18.2 Å². The number of benzene rings is 1. The maximum Gasteiger partial charge on any atom is 0.340 e. The summed E-state index contributed by atoms with van der Waals surface area (Å²) in [5, 5.41) is 0. The summed E-state index contributed by atoms with van der Waals surface area (Å²) in [5.74, 6) is -0.881. The Morgan fingerprint density at radius 3 is 2.79 bits per heavy atom. The zero-order valence-corrected chi connectivity index (χ0v) is 10.8. The molecular weight excluding hydrogens is 246 g/mol. The van der Waals surface area contributed by atoms with Gasteiger partial charge in [-0.25, -0.2) is 4.79 Å². The van der Waals surface area contributed by atoms with Crippen LogP contribution in [0, 0.1) is 0 Å². The predicted octanol–water partition coefficient (Wildman–Crippen LogP) is 0.509. The molecule has 1 aromatic carbocycles. The number of carbonyl (C=O) groups excluding carboxylic acids is 2. The Hall–Kier alpha value is -2.24. The average Bonchev–Trinajstić information content (AvgIpc) is 2.86. The van der Waals surface area contributed by atoms with Gasteiger partial charge < -0.3 is 21.1 Å². The van der Waals surface area contributed by atoms with E-state index in [1.807, 2.05) is 0 Å². The van der Waals surface area contributed by atoms with Gasteiger partial charge in [0.05, 0.1) is 24.0 Å². The summed E-state index contributed by atoms with van der Waals surface area (Å²) < 4.78 is 4.75. The molecular formula is C13H17N3O3. The molecule has 1 aliphatic heterocycles. The number of amides is 1. The second-order valence-corrected chi connectivity index (χ2v) is 4.49. The van der Waals surface area contributed by atoms with E-state index in [0.717, 1.165) is 6.42 Å². The summed E-state index contributed by atoms with van der Waals surface area (Å²) in [4.78, 5) is 25.1. The molecule has 1 atom stereocenters. The lowest BCUT2D eigenvalue weighted by molar-refractivity contribution is -0.119. The first-order valence-electron chi connectivity index (χ1n) is 6.09. The minimum Gasteiger partial charge on any atom is -0.465 e. The maximum atomic E-state index is 11.8. The number of nitrogens with zero attached hydrogens (tertiary/aromatic N) is 1. The van der Waals surface area contributed by atoms with E-state index in [2.05, 4.69) is 0 Å². The van der Waals surface area contributed by atoms with Gasteiger partial charge in [0, 0.05) is 6.54 Å². The topological polar surface area (TPSA) is 98.7 Å². The number of rotatable bonds is 3. The molecule has 0 aromatic heterocycles. The molecule has 0 saturated carbocycles. The van der Waals surface area contributed by atoms with Crippen molar-refractivity contribution in [3.05, 3.63) is 23.8 Å². The van der Waals surface area contributed by atoms with Gasteiger partial charge in [-0.2, -0.15) is 0 Å². The van der Waals surface area contributed by atoms with Gasteiger partial charge in [-0.15, -0.1) is 0 Å². The van der Waals surface area contributed by atoms with Crippen LogP contribution in [-0.2, 0) is 9.53 Å². The van der Waals surface area contributed by atoms with Crippen molar-refractivity contribution < 1.29 is 14.3 Å². The monoisotopic (exact) mass is 263 g/mol. The molecule has 1 aliphatic rings. The first-order valence-corrected chi connectivity index (χ1v) is 6.09. The van der Waals surface area contributed by atoms with Crippen LogP contribution < -0.4 is 16.4 Å². The van der Waals surface area contributed by atoms with Crippen LogP contribution in [0.3, 0.4) is 0 Å². The van der Waals surface area contributed by atoms with E-state index in [4.69, 9.17) is 16.2 Å². The average molecular weight is 263 g/mol. The second-order valence-electron chi connectivity index (χ2n) is 4.49. The van der Waals surface area contributed by atoms with Crippen LogP contribution in [0.2, 0.25) is 0 Å². The summed E-state index contributed by atoms with van der Waals surface area (Å²) in [6.07, 6.45) is 1.51. The zero-order chi connectivity index (χ0) is 14.0. The van der Waals surface area contributed by atoms with Gasteiger partial charge in [-0.05, 0) is 25.0 Å². The smallest absolute Gasteiger partial charge is 0.340 e. The molecule has 2 rings (SSSR count). The minimum atomic E-state index is -0.475. The fourth-order valence-electron chi connectivity index (χ4n) is 2.49. The number of ether oxygens (including phenoxy) is 1. The quantitative estimate of drug-likeness (QED) is 0.611. The van der Waals surface area contributed by atoms with Gasteiger partial charge in [-0.3, -0.25) is 4.79 Å². The van der Waals surface area contributed by atoms with Crippen molar-refractivity contribution in [1.29, 1.82) is 0 Å². The lowest BCUT2D eigenvalue weighted by Gasteiger charge is -2.27. The molecule has 6 nitrogen and oxygen atoms in total. The summed E-state index contributed by atoms with van der Waals surface area (Å²) in [7, 11) is 1.31. The number of para-hydroxylation sites is 1. The Labute approximate surface area is 111 Å². The van der Waals surface area contributed by atoms with Gasteiger partial charge in [0.15, 0.2) is 0 Å². The number of nitrogen functional groups attached to an aromatic ring is 1. The number of carbonyl (C=O) groups is 2. The van der Waals surface area contributed by atoms with Crippen LogP contribution in [0.25, 0.3) is 0 Å². The summed E-state index contributed by atoms with van der Waals surface area (Å²) in [5.41, 5.74) is 12.7. The Morgan fingerprint density at radius 2 is 2.16 bits per heavy atom. The normalized spacial score (nSPS) is 18.4. The third-order valence-electron chi connectivity index (χ3n) is 3.34. The number of hydrogen-bond donors (Lipinski definition) is 2. The molecule has 0 bridgehead atoms. The Balaban J connectivity index is 2.49. The van der Waals surface area contributed by atoms with E-state index in [9.17, 15) is 9.59 Å². The number of nitrogens with two attached hydrogens (primary N) is 2. The molecule has 102 valence electrons. The standard InChI is InChI=1S/C13H17N3O3/c1-19-13(18)8-4-2-5-9(14)11(8)16-7-3-6-10(16)12(15)17/h2,4-5,10H,3,6-7,14H2,1H3,(H2,15,17). The fraction of sp³-hybridized carbons (Fsp3) is 0.385. The van der Waals surface area contributed by atoms with Crippen molar-refractivity contribution in [2.24, 2.45) is 5.73 Å². The lowest BCUT2D eigenvalue weighted by atomic mass is 10.1. The highest BCUT2D eigenvalue weighted by Crippen LogP contribution is 2.34. The zero-order valence-electron chi connectivity index (χ0n) is 10.8. The molecule has 1 unspecified atom stereocenters. The van der Waals surface area contributed by atoms with Crippen LogP contribution in [-0.4, -0.2) is 31.6 Å². The van der Waals surface area contributed by atoms with E-state index in [0.29, 0.717) is 29.9 Å². The van der Waals surface area contributed by atoms with Gasteiger partial charge in [0.1, 0.15) is 6.04 Å². The van der Waals surface area contributed by atoms with E-state index in [-0.39, 0.29) is 0 Å². The van der Waals surface area contributed by atoms with Gasteiger partial charge in [-0.1, -0.05) is 6.07 Å². The minimum absolute atomic E-state index is 0.357. The Morgan fingerprint density at radius 1 is 1.42 bits per heavy atom. The van der Waals surface area contributed by atoms with E-state index in [1.54, 1.807) is 23.1 Å². The summed E-state index contributed by atoms with van der Waals surface area (Å²) in [6, 6.07) is 4.58. The predicted molar refractivity (Wildman–Crippen MR) is 71.8 cm³/mol. The molecule has 1 fully saturated rings. The van der Waals surface area contributed by atoms with Crippen LogP contribution in [0.5, 0.6) is 0 Å². The Bertz CT molecular complexity index is 516. The SMILES string of the molecule is COC(=O)c1cccc(N)c1N1CCCC1C(N)=O. The fourth-order valence-corrected chi connectivity index (χ4v) is 2.49. The van der Waals surface area contributed by atoms with Gasteiger partial charge >= 0.3 is 5.97 Å². The molecule has 19 heavy (non-hydrogen) atoms. The highest BCUT2D eigenvalue weighted by Gasteiger charge is 2.32. The number of methoxy groups -OCH3 is 1. The van der Waals surface area contributed by atoms with Gasteiger partial charge in [0.25, 0.3) is 0 Å². The van der Waals surface area contributed by atoms with Crippen molar-refractivity contribution in [1.82, 2.24) is 0 Å². The molecule has 1 amide bonds. The molecule has 1 saturated heterocycles. The first-order chi connectivity index (χ1) is 9.06. The Kier molecular flexibility index (Phi) is 3.59. The van der Waals surface area contributed by atoms with Crippen molar-refractivity contribution >= 4 is 23.3 Å². The molecule has 1 heterocycles. The number of esters is 1. The summed E-state index contributed by atoms with van der Waals surface area (Å²) >= 11 is 0. The number of primary amides is 1. The molecule has 4 N–H and O–H groups in total. The molecule has 0 radical (unpaired) electrons. The second kappa shape index (κ2) is 5.17. The summed E-state index contributed by atoms with van der Waals surface area (Å²) in [6.45, 7) is 0.645. The maximum absolute atomic E-state index is 11.8. The lowest BCUT2D eigenvalue weighted by Crippen LogP contribution is -2.41. The highest BCUT2D eigenvalue weighted by molar-refractivity contribution is 6.00. The third kappa shape index (κ3) is 2.33. The highest BCUT2D eigenvalue weighted by atomic mass is 16.5. The van der Waals surface area contributed by atoms with Crippen LogP contribution in [0.1, 0.15) is 23.2 Å². The first kappa shape index (κ1) is 13.2. The van der Waals surface area contributed by atoms with E-state index < -0.39 is 17.9 Å². The molecule has 1 aromatic rings. The third-order valence-corrected chi connectivity index (χ3v) is 3.34. The number of anilines is 2. The largest absolute Gasteiger partial charge is 0.465 e. The van der Waals surface area contributed by atoms with Crippen molar-refractivity contribution in [3.63, 3.8) is 0 Å². The van der Waals surface area contributed by atoms with Crippen LogP contribution in [0.4, 0.5) is 11.4 Å². The van der Waals surface area contributed by atoms with Crippen molar-refractivity contribution in [2.45, 2.75) is 18.9 Å². The van der Waals surface area contributed by atoms with Crippen LogP contribution >= 0.6 is 0 Å². The van der Waals surface area contributed by atoms with Crippen molar-refractivity contribution in [2.75, 3.05) is 24.3 Å². The number of hydrogen-bond acceptors (Lipinski definition) is 5. The molecule has 0 aliphatic carbocycles. The molecule has 0 spiro atoms.